The fraction of sp³-hybridized carbons (Fsp3) is 0.889. The molecule has 0 aliphatic rings. The fourth-order valence-electron chi connectivity index (χ4n) is 1.15. The van der Waals surface area contributed by atoms with Crippen LogP contribution < -0.4 is 11.1 Å². The Balaban J connectivity index is 3.26. The monoisotopic (exact) mass is 187 g/mol. The highest BCUT2D eigenvalue weighted by Crippen LogP contribution is 2.03. The molecule has 0 aromatic carbocycles. The first kappa shape index (κ1) is 12.4. The van der Waals surface area contributed by atoms with Crippen LogP contribution in [0.15, 0.2) is 0 Å². The van der Waals surface area contributed by atoms with Gasteiger partial charge in [0.2, 0.25) is 0 Å². The lowest BCUT2D eigenvalue weighted by atomic mass is 10.1. The van der Waals surface area contributed by atoms with Gasteiger partial charge in [-0.05, 0) is 33.1 Å². The van der Waals surface area contributed by atoms with Gasteiger partial charge in [-0.1, -0.05) is 6.42 Å². The lowest BCUT2D eigenvalue weighted by Crippen LogP contribution is -2.39. The molecule has 0 amide bonds. The molecule has 2 atom stereocenters. The Kier molecular flexibility index (Phi) is 6.54. The van der Waals surface area contributed by atoms with E-state index in [1.54, 1.807) is 13.8 Å². The Bertz CT molecular complexity index is 148. The minimum atomic E-state index is -0.214. The lowest BCUT2D eigenvalue weighted by molar-refractivity contribution is 0.180. The van der Waals surface area contributed by atoms with Gasteiger partial charge in [-0.25, -0.2) is 0 Å². The van der Waals surface area contributed by atoms with E-state index in [4.69, 9.17) is 16.2 Å². The van der Waals surface area contributed by atoms with Crippen molar-refractivity contribution < 1.29 is 5.11 Å². The average molecular weight is 187 g/mol. The van der Waals surface area contributed by atoms with Gasteiger partial charge < -0.3 is 16.2 Å². The second kappa shape index (κ2) is 6.86. The maximum absolute atomic E-state index is 8.98. The average Bonchev–Trinajstić information content (AvgIpc) is 1.96. The van der Waals surface area contributed by atoms with Crippen molar-refractivity contribution in [2.45, 2.75) is 51.8 Å². The van der Waals surface area contributed by atoms with E-state index in [1.807, 2.05) is 0 Å². The van der Waals surface area contributed by atoms with Crippen molar-refractivity contribution in [2.24, 2.45) is 5.73 Å². The number of aliphatic hydroxyl groups excluding tert-OH is 1. The van der Waals surface area contributed by atoms with Gasteiger partial charge in [0.1, 0.15) is 0 Å². The molecule has 0 fully saturated rings. The Hall–Kier alpha value is -0.610. The maximum Gasteiger partial charge on any atom is 0.0911 e. The zero-order valence-electron chi connectivity index (χ0n) is 8.51. The van der Waals surface area contributed by atoms with Crippen molar-refractivity contribution in [3.63, 3.8) is 0 Å². The highest BCUT2D eigenvalue weighted by molar-refractivity contribution is 5.76. The van der Waals surface area contributed by atoms with Crippen LogP contribution in [0.4, 0.5) is 0 Å². The summed E-state index contributed by atoms with van der Waals surface area (Å²) in [7, 11) is 0. The standard InChI is InChI=1S/C9H21N3O/c1-7(13)5-3-4-6-9(11)12-8(2)10/h7,9,13H,3-6,11H2,1-2H3,(H2,10,12). The zero-order valence-corrected chi connectivity index (χ0v) is 8.51. The van der Waals surface area contributed by atoms with Gasteiger partial charge >= 0.3 is 0 Å². The van der Waals surface area contributed by atoms with Crippen LogP contribution in [0.3, 0.4) is 0 Å². The normalized spacial score (nSPS) is 15.1. The number of rotatable bonds is 6. The molecule has 5 N–H and O–H groups in total. The minimum absolute atomic E-state index is 0.119. The molecule has 0 spiro atoms. The molecule has 78 valence electrons. The molecule has 0 aromatic rings. The number of unbranched alkanes of at least 4 members (excludes halogenated alkanes) is 1. The van der Waals surface area contributed by atoms with E-state index in [2.05, 4.69) is 5.32 Å². The topological polar surface area (TPSA) is 82.1 Å². The molecule has 4 heteroatoms. The third-order valence-electron chi connectivity index (χ3n) is 1.79. The summed E-state index contributed by atoms with van der Waals surface area (Å²) in [5.41, 5.74) is 5.68. The SMILES string of the molecule is CC(=N)NC(N)CCCCC(C)O. The highest BCUT2D eigenvalue weighted by Gasteiger charge is 2.02. The summed E-state index contributed by atoms with van der Waals surface area (Å²) in [4.78, 5) is 0. The van der Waals surface area contributed by atoms with Crippen LogP contribution in [0.2, 0.25) is 0 Å². The number of aliphatic hydroxyl groups is 1. The van der Waals surface area contributed by atoms with Gasteiger partial charge in [-0.3, -0.25) is 5.41 Å². The Morgan fingerprint density at radius 1 is 1.46 bits per heavy atom. The van der Waals surface area contributed by atoms with Crippen molar-refractivity contribution in [1.82, 2.24) is 5.32 Å². The number of nitrogens with two attached hydrogens (primary N) is 1. The molecule has 4 nitrogen and oxygen atoms in total. The van der Waals surface area contributed by atoms with Crippen LogP contribution >= 0.6 is 0 Å². The second-order valence-corrected chi connectivity index (χ2v) is 3.51. The molecule has 13 heavy (non-hydrogen) atoms. The van der Waals surface area contributed by atoms with Crippen LogP contribution in [0.5, 0.6) is 0 Å². The Labute approximate surface area is 80.0 Å². The van der Waals surface area contributed by atoms with E-state index in [9.17, 15) is 0 Å². The van der Waals surface area contributed by atoms with E-state index in [-0.39, 0.29) is 12.3 Å². The number of hydrogen-bond donors (Lipinski definition) is 4. The summed E-state index contributed by atoms with van der Waals surface area (Å²) < 4.78 is 0. The third kappa shape index (κ3) is 9.30. The predicted octanol–water partition coefficient (Wildman–Crippen LogP) is 0.799. The van der Waals surface area contributed by atoms with Crippen LogP contribution in [0, 0.1) is 5.41 Å². The van der Waals surface area contributed by atoms with Gasteiger partial charge in [0.25, 0.3) is 0 Å². The second-order valence-electron chi connectivity index (χ2n) is 3.51. The van der Waals surface area contributed by atoms with Crippen LogP contribution in [0.25, 0.3) is 0 Å². The lowest BCUT2D eigenvalue weighted by Gasteiger charge is -2.13. The molecule has 0 bridgehead atoms. The van der Waals surface area contributed by atoms with Crippen molar-refractivity contribution >= 4 is 5.84 Å². The van der Waals surface area contributed by atoms with Crippen LogP contribution in [-0.2, 0) is 0 Å². The summed E-state index contributed by atoms with van der Waals surface area (Å²) >= 11 is 0. The number of nitrogens with one attached hydrogen (secondary N) is 2. The van der Waals surface area contributed by atoms with E-state index in [1.165, 1.54) is 0 Å². The summed E-state index contributed by atoms with van der Waals surface area (Å²) in [6.45, 7) is 3.47. The first-order valence-electron chi connectivity index (χ1n) is 4.77. The predicted molar refractivity (Wildman–Crippen MR) is 54.7 cm³/mol. The van der Waals surface area contributed by atoms with Crippen molar-refractivity contribution in [3.8, 4) is 0 Å². The van der Waals surface area contributed by atoms with E-state index >= 15 is 0 Å². The van der Waals surface area contributed by atoms with Crippen molar-refractivity contribution in [1.29, 1.82) is 5.41 Å². The summed E-state index contributed by atoms with van der Waals surface area (Å²) in [5.74, 6) is 0.406. The van der Waals surface area contributed by atoms with Crippen LogP contribution in [0.1, 0.15) is 39.5 Å². The summed E-state index contributed by atoms with van der Waals surface area (Å²) in [6, 6.07) is 0. The summed E-state index contributed by atoms with van der Waals surface area (Å²) in [6.07, 6.45) is 3.33. The van der Waals surface area contributed by atoms with Gasteiger partial charge in [0, 0.05) is 0 Å². The molecule has 2 unspecified atom stereocenters. The zero-order chi connectivity index (χ0) is 10.3. The van der Waals surface area contributed by atoms with E-state index in [0.717, 1.165) is 25.7 Å². The van der Waals surface area contributed by atoms with Crippen molar-refractivity contribution in [2.75, 3.05) is 0 Å². The first-order valence-corrected chi connectivity index (χ1v) is 4.77. The van der Waals surface area contributed by atoms with E-state index in [0.29, 0.717) is 5.84 Å². The van der Waals surface area contributed by atoms with Gasteiger partial charge in [-0.2, -0.15) is 0 Å². The maximum atomic E-state index is 8.98. The Morgan fingerprint density at radius 3 is 2.46 bits per heavy atom. The molecular weight excluding hydrogens is 166 g/mol. The van der Waals surface area contributed by atoms with Crippen molar-refractivity contribution in [3.05, 3.63) is 0 Å². The molecule has 0 saturated heterocycles. The molecule has 0 aromatic heterocycles. The number of amidine groups is 1. The number of hydrogen-bond acceptors (Lipinski definition) is 3. The molecule has 0 rings (SSSR count). The van der Waals surface area contributed by atoms with E-state index < -0.39 is 0 Å². The minimum Gasteiger partial charge on any atom is -0.393 e. The molecule has 0 heterocycles. The smallest absolute Gasteiger partial charge is 0.0911 e. The van der Waals surface area contributed by atoms with Gasteiger partial charge in [0.15, 0.2) is 0 Å². The summed E-state index contributed by atoms with van der Waals surface area (Å²) in [5, 5.41) is 19.0. The fourth-order valence-corrected chi connectivity index (χ4v) is 1.15. The molecule has 0 radical (unpaired) electrons. The van der Waals surface area contributed by atoms with Gasteiger partial charge in [0.05, 0.1) is 18.1 Å². The van der Waals surface area contributed by atoms with Crippen LogP contribution in [-0.4, -0.2) is 23.2 Å². The third-order valence-corrected chi connectivity index (χ3v) is 1.79. The first-order chi connectivity index (χ1) is 6.02. The quantitative estimate of drug-likeness (QED) is 0.215. The van der Waals surface area contributed by atoms with Gasteiger partial charge in [-0.15, -0.1) is 0 Å². The Morgan fingerprint density at radius 2 is 2.00 bits per heavy atom. The molecular formula is C9H21N3O. The molecule has 0 saturated carbocycles. The largest absolute Gasteiger partial charge is 0.393 e. The molecule has 0 aliphatic heterocycles. The molecule has 0 aliphatic carbocycles. The highest BCUT2D eigenvalue weighted by atomic mass is 16.3.